The van der Waals surface area contributed by atoms with Crippen molar-refractivity contribution in [2.75, 3.05) is 5.32 Å². The van der Waals surface area contributed by atoms with Crippen LogP contribution in [0.25, 0.3) is 22.3 Å². The van der Waals surface area contributed by atoms with Gasteiger partial charge in [0.25, 0.3) is 0 Å². The number of phenolic OH excluding ortho intramolecular Hbond substituents is 1. The van der Waals surface area contributed by atoms with Gasteiger partial charge in [-0.1, -0.05) is 29.8 Å². The van der Waals surface area contributed by atoms with Crippen LogP contribution in [0.5, 0.6) is 5.75 Å². The van der Waals surface area contributed by atoms with Gasteiger partial charge in [-0.05, 0) is 55.3 Å². The van der Waals surface area contributed by atoms with Crippen molar-refractivity contribution in [3.05, 3.63) is 72.1 Å². The minimum Gasteiger partial charge on any atom is -0.508 e. The third-order valence-electron chi connectivity index (χ3n) is 4.50. The minimum atomic E-state index is 0. The molecule has 0 saturated carbocycles. The fourth-order valence-corrected chi connectivity index (χ4v) is 3.08. The molecule has 6 heteroatoms. The molecule has 2 heterocycles. The molecule has 138 valence electrons. The van der Waals surface area contributed by atoms with E-state index in [2.05, 4.69) is 58.4 Å². The summed E-state index contributed by atoms with van der Waals surface area (Å²) in [5.74, 6) is 1.05. The first-order valence-electron chi connectivity index (χ1n) is 8.56. The molecule has 0 fully saturated rings. The normalized spacial score (nSPS) is 11.8. The highest BCUT2D eigenvalue weighted by molar-refractivity contribution is 8.93. The van der Waals surface area contributed by atoms with Crippen molar-refractivity contribution in [1.82, 2.24) is 15.0 Å². The molecule has 0 radical (unpaired) electrons. The van der Waals surface area contributed by atoms with Gasteiger partial charge in [0.1, 0.15) is 23.5 Å². The zero-order valence-electron chi connectivity index (χ0n) is 15.1. The Kier molecular flexibility index (Phi) is 5.46. The Morgan fingerprint density at radius 2 is 1.81 bits per heavy atom. The van der Waals surface area contributed by atoms with Crippen molar-refractivity contribution >= 4 is 33.8 Å². The molecule has 0 aliphatic heterocycles. The van der Waals surface area contributed by atoms with Gasteiger partial charge in [0.15, 0.2) is 0 Å². The number of anilines is 1. The van der Waals surface area contributed by atoms with Gasteiger partial charge < -0.3 is 15.4 Å². The second-order valence-electron chi connectivity index (χ2n) is 6.49. The van der Waals surface area contributed by atoms with E-state index in [1.165, 1.54) is 11.1 Å². The number of H-pyrrole nitrogens is 1. The smallest absolute Gasteiger partial charge is 0.143 e. The third-order valence-corrected chi connectivity index (χ3v) is 4.50. The predicted molar refractivity (Wildman–Crippen MR) is 115 cm³/mol. The molecule has 5 nitrogen and oxygen atoms in total. The summed E-state index contributed by atoms with van der Waals surface area (Å²) in [6, 6.07) is 17.7. The van der Waals surface area contributed by atoms with Crippen LogP contribution >= 0.6 is 17.0 Å². The molecule has 2 aromatic heterocycles. The third kappa shape index (κ3) is 3.95. The van der Waals surface area contributed by atoms with Crippen LogP contribution in [0, 0.1) is 6.92 Å². The minimum absolute atomic E-state index is 0. The molecule has 1 unspecified atom stereocenters. The van der Waals surface area contributed by atoms with Crippen LogP contribution in [0.3, 0.4) is 0 Å². The molecule has 0 amide bonds. The molecule has 27 heavy (non-hydrogen) atoms. The Morgan fingerprint density at radius 3 is 2.56 bits per heavy atom. The summed E-state index contributed by atoms with van der Waals surface area (Å²) in [6.07, 6.45) is 1.56. The Balaban J connectivity index is 0.00000210. The fraction of sp³-hybridized carbons (Fsp3) is 0.143. The van der Waals surface area contributed by atoms with E-state index in [-0.39, 0.29) is 28.8 Å². The van der Waals surface area contributed by atoms with Gasteiger partial charge in [-0.15, -0.1) is 17.0 Å². The molecule has 0 spiro atoms. The van der Waals surface area contributed by atoms with Gasteiger partial charge in [-0.3, -0.25) is 0 Å². The quantitative estimate of drug-likeness (QED) is 0.410. The van der Waals surface area contributed by atoms with E-state index in [4.69, 9.17) is 0 Å². The number of hydrogen-bond donors (Lipinski definition) is 3. The lowest BCUT2D eigenvalue weighted by Crippen LogP contribution is -2.08. The molecule has 4 rings (SSSR count). The van der Waals surface area contributed by atoms with E-state index in [1.54, 1.807) is 18.5 Å². The van der Waals surface area contributed by atoms with Gasteiger partial charge in [-0.25, -0.2) is 9.97 Å². The van der Waals surface area contributed by atoms with Gasteiger partial charge in [0, 0.05) is 11.7 Å². The molecule has 1 atom stereocenters. The average molecular weight is 425 g/mol. The number of phenols is 1. The van der Waals surface area contributed by atoms with Crippen molar-refractivity contribution in [2.45, 2.75) is 19.9 Å². The number of nitrogens with zero attached hydrogens (tertiary/aromatic N) is 2. The molecule has 4 aromatic rings. The van der Waals surface area contributed by atoms with E-state index in [0.29, 0.717) is 0 Å². The number of rotatable bonds is 4. The van der Waals surface area contributed by atoms with Gasteiger partial charge >= 0.3 is 0 Å². The summed E-state index contributed by atoms with van der Waals surface area (Å²) in [5, 5.41) is 13.9. The van der Waals surface area contributed by atoms with Gasteiger partial charge in [-0.2, -0.15) is 0 Å². The van der Waals surface area contributed by atoms with E-state index < -0.39 is 0 Å². The van der Waals surface area contributed by atoms with Crippen LogP contribution in [-0.2, 0) is 0 Å². The SMILES string of the molecule is Br.Cc1cccc(C(C)Nc2ncnc3[nH]c(-c4ccc(O)cc4)cc23)c1. The maximum absolute atomic E-state index is 9.47. The van der Waals surface area contributed by atoms with Gasteiger partial charge in [0.2, 0.25) is 0 Å². The highest BCUT2D eigenvalue weighted by atomic mass is 79.9. The van der Waals surface area contributed by atoms with Crippen LogP contribution < -0.4 is 5.32 Å². The largest absolute Gasteiger partial charge is 0.508 e. The standard InChI is InChI=1S/C21H20N4O.BrH/c1-13-4-3-5-16(10-13)14(2)24-20-18-11-19(25-21(18)23-12-22-20)15-6-8-17(26)9-7-15;/h3-12,14,26H,1-2H3,(H2,22,23,24,25);1H. The van der Waals surface area contributed by atoms with E-state index in [1.807, 2.05) is 18.2 Å². The summed E-state index contributed by atoms with van der Waals surface area (Å²) in [4.78, 5) is 12.1. The number of benzene rings is 2. The monoisotopic (exact) mass is 424 g/mol. The Hall–Kier alpha value is -2.86. The summed E-state index contributed by atoms with van der Waals surface area (Å²) in [7, 11) is 0. The molecular formula is C21H21BrN4O. The molecule has 2 aromatic carbocycles. The summed E-state index contributed by atoms with van der Waals surface area (Å²) in [6.45, 7) is 4.21. The van der Waals surface area contributed by atoms with Gasteiger partial charge in [0.05, 0.1) is 5.39 Å². The lowest BCUT2D eigenvalue weighted by molar-refractivity contribution is 0.475. The number of hydrogen-bond acceptors (Lipinski definition) is 4. The lowest BCUT2D eigenvalue weighted by atomic mass is 10.1. The molecule has 0 aliphatic rings. The summed E-state index contributed by atoms with van der Waals surface area (Å²) >= 11 is 0. The predicted octanol–water partition coefficient (Wildman–Crippen LogP) is 5.39. The summed E-state index contributed by atoms with van der Waals surface area (Å²) < 4.78 is 0. The van der Waals surface area contributed by atoms with E-state index >= 15 is 0 Å². The molecule has 0 saturated heterocycles. The number of aryl methyl sites for hydroxylation is 1. The number of aromatic hydroxyl groups is 1. The maximum Gasteiger partial charge on any atom is 0.143 e. The maximum atomic E-state index is 9.47. The van der Waals surface area contributed by atoms with Crippen LogP contribution in [0.4, 0.5) is 5.82 Å². The zero-order valence-corrected chi connectivity index (χ0v) is 16.8. The lowest BCUT2D eigenvalue weighted by Gasteiger charge is -2.15. The van der Waals surface area contributed by atoms with Crippen LogP contribution in [0.2, 0.25) is 0 Å². The number of fused-ring (bicyclic) bond motifs is 1. The van der Waals surface area contributed by atoms with Crippen molar-refractivity contribution < 1.29 is 5.11 Å². The Labute approximate surface area is 168 Å². The average Bonchev–Trinajstić information content (AvgIpc) is 3.07. The molecule has 3 N–H and O–H groups in total. The topological polar surface area (TPSA) is 73.8 Å². The number of nitrogens with one attached hydrogen (secondary N) is 2. The molecule has 0 aliphatic carbocycles. The van der Waals surface area contributed by atoms with Crippen molar-refractivity contribution in [2.24, 2.45) is 0 Å². The first-order chi connectivity index (χ1) is 12.6. The molecular weight excluding hydrogens is 404 g/mol. The first kappa shape index (κ1) is 18.9. The first-order valence-corrected chi connectivity index (χ1v) is 8.56. The van der Waals surface area contributed by atoms with E-state index in [9.17, 15) is 5.11 Å². The summed E-state index contributed by atoms with van der Waals surface area (Å²) in [5.41, 5.74) is 5.15. The second-order valence-corrected chi connectivity index (χ2v) is 6.49. The van der Waals surface area contributed by atoms with Crippen molar-refractivity contribution in [3.63, 3.8) is 0 Å². The Morgan fingerprint density at radius 1 is 1.04 bits per heavy atom. The highest BCUT2D eigenvalue weighted by Crippen LogP contribution is 2.29. The van der Waals surface area contributed by atoms with Crippen molar-refractivity contribution in [1.29, 1.82) is 0 Å². The second kappa shape index (κ2) is 7.80. The molecule has 0 bridgehead atoms. The number of aromatic nitrogens is 3. The van der Waals surface area contributed by atoms with E-state index in [0.717, 1.165) is 28.1 Å². The Bertz CT molecular complexity index is 1060. The van der Waals surface area contributed by atoms with Crippen LogP contribution in [0.1, 0.15) is 24.1 Å². The number of halogens is 1. The van der Waals surface area contributed by atoms with Crippen LogP contribution in [-0.4, -0.2) is 20.1 Å². The fourth-order valence-electron chi connectivity index (χ4n) is 3.08. The van der Waals surface area contributed by atoms with Crippen molar-refractivity contribution in [3.8, 4) is 17.0 Å². The number of aromatic amines is 1. The zero-order chi connectivity index (χ0) is 18.1. The highest BCUT2D eigenvalue weighted by Gasteiger charge is 2.12. The van der Waals surface area contributed by atoms with Crippen LogP contribution in [0.15, 0.2) is 60.9 Å².